The fourth-order valence-corrected chi connectivity index (χ4v) is 1.85. The molecular formula is C12H19BrN2O2. The maximum atomic E-state index is 12.0. The van der Waals surface area contributed by atoms with E-state index in [0.717, 1.165) is 12.0 Å². The van der Waals surface area contributed by atoms with Crippen LogP contribution in [0.25, 0.3) is 0 Å². The molecule has 0 aromatic carbocycles. The molecule has 1 aromatic heterocycles. The molecular weight excluding hydrogens is 284 g/mol. The Labute approximate surface area is 110 Å². The number of aryl methyl sites for hydroxylation is 1. The summed E-state index contributed by atoms with van der Waals surface area (Å²) in [6.07, 6.45) is 2.44. The number of hydrogen-bond donors (Lipinski definition) is 1. The van der Waals surface area contributed by atoms with Crippen molar-refractivity contribution >= 4 is 21.6 Å². The minimum absolute atomic E-state index is 0.0522. The number of hydrogen-bond acceptors (Lipinski definition) is 3. The Morgan fingerprint density at radius 3 is 2.65 bits per heavy atom. The van der Waals surface area contributed by atoms with Crippen molar-refractivity contribution in [1.82, 2.24) is 4.57 Å². The molecule has 0 spiro atoms. The van der Waals surface area contributed by atoms with Crippen LogP contribution in [0.1, 0.15) is 25.8 Å². The van der Waals surface area contributed by atoms with Gasteiger partial charge in [-0.2, -0.15) is 0 Å². The minimum atomic E-state index is -0.244. The summed E-state index contributed by atoms with van der Waals surface area (Å²) in [6, 6.07) is 0. The number of nitrogens with two attached hydrogens (primary N) is 1. The van der Waals surface area contributed by atoms with Gasteiger partial charge in [-0.3, -0.25) is 4.79 Å². The van der Waals surface area contributed by atoms with Gasteiger partial charge in [0.05, 0.1) is 15.8 Å². The summed E-state index contributed by atoms with van der Waals surface area (Å²) >= 11 is 3.27. The van der Waals surface area contributed by atoms with Gasteiger partial charge in [0.2, 0.25) is 0 Å². The van der Waals surface area contributed by atoms with E-state index in [-0.39, 0.29) is 11.2 Å². The van der Waals surface area contributed by atoms with Gasteiger partial charge in [-0.15, -0.1) is 0 Å². The van der Waals surface area contributed by atoms with Gasteiger partial charge in [-0.05, 0) is 48.7 Å². The maximum absolute atomic E-state index is 12.0. The van der Waals surface area contributed by atoms with E-state index in [0.29, 0.717) is 16.7 Å². The van der Waals surface area contributed by atoms with Crippen LogP contribution in [0, 0.1) is 6.92 Å². The Hall–Kier alpha value is -0.810. The molecule has 0 aliphatic carbocycles. The van der Waals surface area contributed by atoms with Gasteiger partial charge in [0.15, 0.2) is 0 Å². The van der Waals surface area contributed by atoms with Crippen molar-refractivity contribution in [2.45, 2.75) is 39.3 Å². The van der Waals surface area contributed by atoms with Crippen LogP contribution in [0.4, 0.5) is 5.69 Å². The molecule has 0 amide bonds. The van der Waals surface area contributed by atoms with Crippen LogP contribution in [-0.4, -0.2) is 17.3 Å². The molecule has 96 valence electrons. The van der Waals surface area contributed by atoms with E-state index in [1.54, 1.807) is 17.9 Å². The minimum Gasteiger partial charge on any atom is -0.397 e. The van der Waals surface area contributed by atoms with Gasteiger partial charge in [-0.25, -0.2) is 0 Å². The number of anilines is 1. The van der Waals surface area contributed by atoms with E-state index in [4.69, 9.17) is 10.5 Å². The highest BCUT2D eigenvalue weighted by Gasteiger charge is 2.17. The zero-order valence-corrected chi connectivity index (χ0v) is 12.3. The topological polar surface area (TPSA) is 57.2 Å². The normalized spacial score (nSPS) is 11.8. The molecule has 0 saturated heterocycles. The van der Waals surface area contributed by atoms with Gasteiger partial charge in [0.25, 0.3) is 5.56 Å². The molecule has 2 N–H and O–H groups in total. The molecule has 1 rings (SSSR count). The first-order valence-electron chi connectivity index (χ1n) is 5.48. The quantitative estimate of drug-likeness (QED) is 0.928. The number of rotatable bonds is 4. The fourth-order valence-electron chi connectivity index (χ4n) is 1.39. The summed E-state index contributed by atoms with van der Waals surface area (Å²) in [4.78, 5) is 12.0. The first-order valence-corrected chi connectivity index (χ1v) is 6.28. The van der Waals surface area contributed by atoms with Crippen molar-refractivity contribution < 1.29 is 4.74 Å². The van der Waals surface area contributed by atoms with Crippen molar-refractivity contribution in [1.29, 1.82) is 0 Å². The third-order valence-corrected chi connectivity index (χ3v) is 3.95. The smallest absolute Gasteiger partial charge is 0.265 e. The molecule has 1 heterocycles. The number of halogens is 1. The van der Waals surface area contributed by atoms with Crippen LogP contribution in [0.15, 0.2) is 15.5 Å². The summed E-state index contributed by atoms with van der Waals surface area (Å²) < 4.78 is 7.48. The molecule has 0 aliphatic heterocycles. The van der Waals surface area contributed by atoms with Crippen molar-refractivity contribution in [2.75, 3.05) is 12.8 Å². The highest BCUT2D eigenvalue weighted by Crippen LogP contribution is 2.19. The van der Waals surface area contributed by atoms with Gasteiger partial charge in [0.1, 0.15) is 0 Å². The Morgan fingerprint density at radius 1 is 1.53 bits per heavy atom. The largest absolute Gasteiger partial charge is 0.397 e. The number of pyridine rings is 1. The van der Waals surface area contributed by atoms with Crippen LogP contribution in [-0.2, 0) is 11.3 Å². The number of ether oxygens (including phenoxy) is 1. The lowest BCUT2D eigenvalue weighted by atomic mass is 10.1. The standard InChI is InChI=1S/C12H19BrN2O2/c1-8-9(14)7-15(11(16)10(8)13)6-5-12(2,3)17-4/h7H,5-6,14H2,1-4H3. The van der Waals surface area contributed by atoms with E-state index in [1.807, 2.05) is 20.8 Å². The molecule has 0 fully saturated rings. The molecule has 0 unspecified atom stereocenters. The average Bonchev–Trinajstić information content (AvgIpc) is 2.29. The molecule has 0 radical (unpaired) electrons. The molecule has 5 heteroatoms. The van der Waals surface area contributed by atoms with Crippen molar-refractivity contribution in [3.8, 4) is 0 Å². The van der Waals surface area contributed by atoms with E-state index in [2.05, 4.69) is 15.9 Å². The monoisotopic (exact) mass is 302 g/mol. The van der Waals surface area contributed by atoms with Gasteiger partial charge >= 0.3 is 0 Å². The van der Waals surface area contributed by atoms with Gasteiger partial charge < -0.3 is 15.0 Å². The zero-order valence-electron chi connectivity index (χ0n) is 10.7. The number of aromatic nitrogens is 1. The van der Waals surface area contributed by atoms with Gasteiger partial charge in [-0.1, -0.05) is 0 Å². The number of nitrogen functional groups attached to an aromatic ring is 1. The molecule has 0 aliphatic rings. The van der Waals surface area contributed by atoms with Crippen molar-refractivity contribution in [3.63, 3.8) is 0 Å². The third kappa shape index (κ3) is 3.33. The lowest BCUT2D eigenvalue weighted by Crippen LogP contribution is -2.29. The van der Waals surface area contributed by atoms with E-state index < -0.39 is 0 Å². The first-order chi connectivity index (χ1) is 7.78. The van der Waals surface area contributed by atoms with Crippen molar-refractivity contribution in [3.05, 3.63) is 26.6 Å². The molecule has 0 atom stereocenters. The lowest BCUT2D eigenvalue weighted by Gasteiger charge is -2.23. The average molecular weight is 303 g/mol. The van der Waals surface area contributed by atoms with E-state index in [9.17, 15) is 4.79 Å². The highest BCUT2D eigenvalue weighted by molar-refractivity contribution is 9.10. The second kappa shape index (κ2) is 5.23. The lowest BCUT2D eigenvalue weighted by molar-refractivity contribution is 0.0118. The first kappa shape index (κ1) is 14.3. The maximum Gasteiger partial charge on any atom is 0.265 e. The molecule has 0 bridgehead atoms. The summed E-state index contributed by atoms with van der Waals surface area (Å²) in [5.41, 5.74) is 6.95. The zero-order chi connectivity index (χ0) is 13.2. The Morgan fingerprint density at radius 2 is 2.12 bits per heavy atom. The van der Waals surface area contributed by atoms with Crippen molar-refractivity contribution in [2.24, 2.45) is 0 Å². The predicted molar refractivity (Wildman–Crippen MR) is 73.3 cm³/mol. The SMILES string of the molecule is COC(C)(C)CCn1cc(N)c(C)c(Br)c1=O. The highest BCUT2D eigenvalue weighted by atomic mass is 79.9. The van der Waals surface area contributed by atoms with E-state index >= 15 is 0 Å². The summed E-state index contributed by atoms with van der Waals surface area (Å²) in [5.74, 6) is 0. The fraction of sp³-hybridized carbons (Fsp3) is 0.583. The van der Waals surface area contributed by atoms with Crippen LogP contribution in [0.5, 0.6) is 0 Å². The summed E-state index contributed by atoms with van der Waals surface area (Å²) in [5, 5.41) is 0. The summed E-state index contributed by atoms with van der Waals surface area (Å²) in [7, 11) is 1.67. The third-order valence-electron chi connectivity index (χ3n) is 3.01. The van der Waals surface area contributed by atoms with Gasteiger partial charge in [0, 0.05) is 19.9 Å². The Kier molecular flexibility index (Phi) is 4.38. The number of methoxy groups -OCH3 is 1. The van der Waals surface area contributed by atoms with Crippen LogP contribution >= 0.6 is 15.9 Å². The molecule has 0 saturated carbocycles. The molecule has 1 aromatic rings. The Bertz CT molecular complexity index is 466. The van der Waals surface area contributed by atoms with Crippen LogP contribution < -0.4 is 11.3 Å². The molecule has 17 heavy (non-hydrogen) atoms. The summed E-state index contributed by atoms with van der Waals surface area (Å²) in [6.45, 7) is 6.39. The molecule has 4 nitrogen and oxygen atoms in total. The Balaban J connectivity index is 2.98. The van der Waals surface area contributed by atoms with Crippen LogP contribution in [0.2, 0.25) is 0 Å². The van der Waals surface area contributed by atoms with Crippen LogP contribution in [0.3, 0.4) is 0 Å². The van der Waals surface area contributed by atoms with E-state index in [1.165, 1.54) is 0 Å². The second-order valence-electron chi connectivity index (χ2n) is 4.74. The second-order valence-corrected chi connectivity index (χ2v) is 5.53. The predicted octanol–water partition coefficient (Wildman–Crippen LogP) is 2.32. The number of nitrogens with zero attached hydrogens (tertiary/aromatic N) is 1.